The molecule has 3 aromatic rings. The summed E-state index contributed by atoms with van der Waals surface area (Å²) in [4.78, 5) is 17.0. The predicted molar refractivity (Wildman–Crippen MR) is 126 cm³/mol. The normalized spacial score (nSPS) is 14.6. The Morgan fingerprint density at radius 1 is 0.806 bits per heavy atom. The van der Waals surface area contributed by atoms with Crippen molar-refractivity contribution in [2.75, 3.05) is 32.7 Å². The molecule has 160 valence electrons. The summed E-state index contributed by atoms with van der Waals surface area (Å²) in [5, 5.41) is 3.79. The third-order valence-electron chi connectivity index (χ3n) is 5.83. The second kappa shape index (κ2) is 10.5. The van der Waals surface area contributed by atoms with E-state index in [1.54, 1.807) is 0 Å². The van der Waals surface area contributed by atoms with E-state index in [1.165, 1.54) is 11.1 Å². The van der Waals surface area contributed by atoms with Crippen LogP contribution in [0.25, 0.3) is 0 Å². The van der Waals surface area contributed by atoms with Crippen molar-refractivity contribution in [2.24, 2.45) is 0 Å². The van der Waals surface area contributed by atoms with E-state index in [0.29, 0.717) is 19.6 Å². The van der Waals surface area contributed by atoms with Gasteiger partial charge in [0.2, 0.25) is 0 Å². The summed E-state index contributed by atoms with van der Waals surface area (Å²) in [7, 11) is 0. The Morgan fingerprint density at radius 3 is 1.94 bits per heavy atom. The largest absolute Gasteiger partial charge is 0.338 e. The molecule has 1 aliphatic heterocycles. The van der Waals surface area contributed by atoms with Crippen molar-refractivity contribution in [3.05, 3.63) is 107 Å². The van der Waals surface area contributed by atoms with E-state index in [9.17, 15) is 4.79 Å². The van der Waals surface area contributed by atoms with Gasteiger partial charge in [0.25, 0.3) is 0 Å². The number of hydrogen-bond acceptors (Lipinski definition) is 2. The quantitative estimate of drug-likeness (QED) is 0.593. The van der Waals surface area contributed by atoms with Crippen LogP contribution in [0.5, 0.6) is 0 Å². The van der Waals surface area contributed by atoms with Gasteiger partial charge in [-0.2, -0.15) is 0 Å². The van der Waals surface area contributed by atoms with Crippen molar-refractivity contribution >= 4 is 17.6 Å². The highest BCUT2D eigenvalue weighted by atomic mass is 35.5. The third-order valence-corrected chi connectivity index (χ3v) is 6.19. The van der Waals surface area contributed by atoms with Gasteiger partial charge in [-0.15, -0.1) is 0 Å². The zero-order valence-electron chi connectivity index (χ0n) is 17.6. The number of amides is 2. The number of hydrogen-bond donors (Lipinski definition) is 1. The first-order chi connectivity index (χ1) is 15.2. The van der Waals surface area contributed by atoms with Gasteiger partial charge in [-0.05, 0) is 29.2 Å². The summed E-state index contributed by atoms with van der Waals surface area (Å²) in [6, 6.07) is 29.2. The van der Waals surface area contributed by atoms with Gasteiger partial charge in [0.1, 0.15) is 0 Å². The van der Waals surface area contributed by atoms with Crippen molar-refractivity contribution in [1.29, 1.82) is 0 Å². The average molecular weight is 434 g/mol. The molecule has 0 spiro atoms. The topological polar surface area (TPSA) is 35.6 Å². The predicted octanol–water partition coefficient (Wildman–Crippen LogP) is 5.00. The molecule has 1 N–H and O–H groups in total. The molecule has 0 saturated carbocycles. The van der Waals surface area contributed by atoms with Crippen LogP contribution in [0, 0.1) is 0 Å². The van der Waals surface area contributed by atoms with Crippen LogP contribution < -0.4 is 5.32 Å². The maximum Gasteiger partial charge on any atom is 0.317 e. The number of rotatable bonds is 6. The maximum absolute atomic E-state index is 12.7. The van der Waals surface area contributed by atoms with Crippen LogP contribution in [0.3, 0.4) is 0 Å². The lowest BCUT2D eigenvalue weighted by Gasteiger charge is -2.39. The fourth-order valence-corrected chi connectivity index (χ4v) is 4.42. The number of nitrogens with zero attached hydrogens (tertiary/aromatic N) is 2. The van der Waals surface area contributed by atoms with Crippen LogP contribution in [0.15, 0.2) is 84.9 Å². The highest BCUT2D eigenvalue weighted by Gasteiger charge is 2.27. The minimum absolute atomic E-state index is 0.00248. The number of urea groups is 1. The standard InChI is InChI=1S/C26H28ClN3O/c27-24-14-8-7-9-21(24)15-16-28-26(31)30-19-17-29(18-20-30)25(22-10-3-1-4-11-22)23-12-5-2-6-13-23/h1-14,25H,15-20H2,(H,28,31). The van der Waals surface area contributed by atoms with Gasteiger partial charge in [0.05, 0.1) is 6.04 Å². The van der Waals surface area contributed by atoms with Gasteiger partial charge >= 0.3 is 6.03 Å². The van der Waals surface area contributed by atoms with Crippen molar-refractivity contribution < 1.29 is 4.79 Å². The summed E-state index contributed by atoms with van der Waals surface area (Å²) in [6.45, 7) is 3.69. The number of nitrogens with one attached hydrogen (secondary N) is 1. The second-order valence-corrected chi connectivity index (χ2v) is 8.23. The minimum Gasteiger partial charge on any atom is -0.338 e. The lowest BCUT2D eigenvalue weighted by atomic mass is 9.96. The van der Waals surface area contributed by atoms with E-state index in [-0.39, 0.29) is 12.1 Å². The molecule has 2 amide bonds. The Hall–Kier alpha value is -2.82. The van der Waals surface area contributed by atoms with Gasteiger partial charge in [0.15, 0.2) is 0 Å². The average Bonchev–Trinajstić information content (AvgIpc) is 2.82. The van der Waals surface area contributed by atoms with Crippen LogP contribution in [0.2, 0.25) is 5.02 Å². The van der Waals surface area contributed by atoms with Crippen LogP contribution >= 0.6 is 11.6 Å². The first-order valence-electron chi connectivity index (χ1n) is 10.8. The van der Waals surface area contributed by atoms with E-state index in [4.69, 9.17) is 11.6 Å². The zero-order chi connectivity index (χ0) is 21.5. The molecule has 1 saturated heterocycles. The Bertz CT molecular complexity index is 933. The van der Waals surface area contributed by atoms with Crippen molar-refractivity contribution in [1.82, 2.24) is 15.1 Å². The molecular weight excluding hydrogens is 406 g/mol. The highest BCUT2D eigenvalue weighted by Crippen LogP contribution is 2.29. The molecule has 0 radical (unpaired) electrons. The second-order valence-electron chi connectivity index (χ2n) is 7.82. The number of halogens is 1. The summed E-state index contributed by atoms with van der Waals surface area (Å²) in [6.07, 6.45) is 0.732. The van der Waals surface area contributed by atoms with Gasteiger partial charge in [-0.25, -0.2) is 4.79 Å². The van der Waals surface area contributed by atoms with Gasteiger partial charge in [0, 0.05) is 37.7 Å². The highest BCUT2D eigenvalue weighted by molar-refractivity contribution is 6.31. The number of benzene rings is 3. The zero-order valence-corrected chi connectivity index (χ0v) is 18.3. The van der Waals surface area contributed by atoms with Gasteiger partial charge in [-0.1, -0.05) is 90.5 Å². The Labute approximate surface area is 189 Å². The molecular formula is C26H28ClN3O. The lowest BCUT2D eigenvalue weighted by molar-refractivity contribution is 0.120. The number of piperazine rings is 1. The smallest absolute Gasteiger partial charge is 0.317 e. The van der Waals surface area contributed by atoms with Gasteiger partial charge in [-0.3, -0.25) is 4.90 Å². The fourth-order valence-electron chi connectivity index (χ4n) is 4.19. The summed E-state index contributed by atoms with van der Waals surface area (Å²) in [5.41, 5.74) is 3.63. The van der Waals surface area contributed by atoms with Crippen LogP contribution in [0.1, 0.15) is 22.7 Å². The molecule has 5 heteroatoms. The molecule has 1 aliphatic rings. The maximum atomic E-state index is 12.7. The summed E-state index contributed by atoms with van der Waals surface area (Å²) >= 11 is 6.21. The molecule has 0 aromatic heterocycles. The van der Waals surface area contributed by atoms with Crippen molar-refractivity contribution in [3.63, 3.8) is 0 Å². The van der Waals surface area contributed by atoms with Crippen molar-refractivity contribution in [2.45, 2.75) is 12.5 Å². The summed E-state index contributed by atoms with van der Waals surface area (Å²) in [5.74, 6) is 0. The number of carbonyl (C=O) groups is 1. The molecule has 1 heterocycles. The third kappa shape index (κ3) is 5.46. The van der Waals surface area contributed by atoms with Crippen molar-refractivity contribution in [3.8, 4) is 0 Å². The first kappa shape index (κ1) is 21.4. The Kier molecular flexibility index (Phi) is 7.23. The molecule has 0 aliphatic carbocycles. The van der Waals surface area contributed by atoms with E-state index in [2.05, 4.69) is 70.9 Å². The number of carbonyl (C=O) groups excluding carboxylic acids is 1. The fraction of sp³-hybridized carbons (Fsp3) is 0.269. The van der Waals surface area contributed by atoms with Crippen LogP contribution in [-0.4, -0.2) is 48.6 Å². The van der Waals surface area contributed by atoms with E-state index < -0.39 is 0 Å². The lowest BCUT2D eigenvalue weighted by Crippen LogP contribution is -2.52. The molecule has 1 fully saturated rings. The molecule has 0 unspecified atom stereocenters. The molecule has 4 nitrogen and oxygen atoms in total. The molecule has 0 atom stereocenters. The van der Waals surface area contributed by atoms with Crippen LogP contribution in [0.4, 0.5) is 4.79 Å². The van der Waals surface area contributed by atoms with E-state index >= 15 is 0 Å². The summed E-state index contributed by atoms with van der Waals surface area (Å²) < 4.78 is 0. The molecule has 4 rings (SSSR count). The molecule has 3 aromatic carbocycles. The van der Waals surface area contributed by atoms with Gasteiger partial charge < -0.3 is 10.2 Å². The first-order valence-corrected chi connectivity index (χ1v) is 11.2. The monoisotopic (exact) mass is 433 g/mol. The Balaban J connectivity index is 1.34. The minimum atomic E-state index is 0.00248. The molecule has 0 bridgehead atoms. The SMILES string of the molecule is O=C(NCCc1ccccc1Cl)N1CCN(C(c2ccccc2)c2ccccc2)CC1. The Morgan fingerprint density at radius 2 is 1.35 bits per heavy atom. The van der Waals surface area contributed by atoms with E-state index in [1.807, 2.05) is 29.2 Å². The van der Waals surface area contributed by atoms with E-state index in [0.717, 1.165) is 30.1 Å². The van der Waals surface area contributed by atoms with Crippen LogP contribution in [-0.2, 0) is 6.42 Å². The molecule has 31 heavy (non-hydrogen) atoms.